The van der Waals surface area contributed by atoms with Crippen LogP contribution in [0.25, 0.3) is 0 Å². The van der Waals surface area contributed by atoms with Gasteiger partial charge in [0.25, 0.3) is 0 Å². The van der Waals surface area contributed by atoms with Crippen LogP contribution in [0.5, 0.6) is 0 Å². The first-order valence-corrected chi connectivity index (χ1v) is 18.4. The molecule has 0 atom stereocenters. The van der Waals surface area contributed by atoms with E-state index in [1.165, 1.54) is 140 Å². The SMILES string of the molecule is C=CCP(Br)(CCCCCCCC)(CCCCCCCC)CCCCCCCC. The Labute approximate surface area is 194 Å². The average molecular weight is 492 g/mol. The Morgan fingerprint density at radius 1 is 0.517 bits per heavy atom. The standard InChI is InChI=1S/C27H56BrP/c1-5-9-12-15-18-21-25-29(28,24-8-4,26-22-19-16-13-10-6-2)27-23-20-17-14-11-7-3/h8H,4-7,9-27H2,1-3H3. The molecule has 0 aromatic rings. The normalized spacial score (nSPS) is 13.3. The van der Waals surface area contributed by atoms with Gasteiger partial charge in [0.15, 0.2) is 0 Å². The van der Waals surface area contributed by atoms with Gasteiger partial charge < -0.3 is 0 Å². The Morgan fingerprint density at radius 3 is 1.07 bits per heavy atom. The molecule has 29 heavy (non-hydrogen) atoms. The molecule has 0 saturated heterocycles. The molecule has 0 spiro atoms. The van der Waals surface area contributed by atoms with Crippen molar-refractivity contribution in [2.45, 2.75) is 136 Å². The molecular formula is C27H56BrP. The first-order chi connectivity index (χ1) is 14.0. The summed E-state index contributed by atoms with van der Waals surface area (Å²) >= 11 is 4.56. The molecule has 0 aliphatic carbocycles. The summed E-state index contributed by atoms with van der Waals surface area (Å²) < 4.78 is 0. The Balaban J connectivity index is 4.69. The van der Waals surface area contributed by atoms with Gasteiger partial charge in [-0.2, -0.15) is 0 Å². The van der Waals surface area contributed by atoms with Gasteiger partial charge in [-0.1, -0.05) is 0 Å². The predicted octanol–water partition coefficient (Wildman–Crippen LogP) is 11.1. The van der Waals surface area contributed by atoms with Crippen molar-refractivity contribution in [2.75, 3.05) is 24.6 Å². The monoisotopic (exact) mass is 490 g/mol. The van der Waals surface area contributed by atoms with Crippen LogP contribution in [0.1, 0.15) is 136 Å². The van der Waals surface area contributed by atoms with E-state index < -0.39 is 5.31 Å². The van der Waals surface area contributed by atoms with Crippen molar-refractivity contribution in [3.05, 3.63) is 12.7 Å². The van der Waals surface area contributed by atoms with Crippen LogP contribution in [0, 0.1) is 0 Å². The first-order valence-electron chi connectivity index (χ1n) is 13.4. The summed E-state index contributed by atoms with van der Waals surface area (Å²) in [5, 5.41) is -1.80. The summed E-state index contributed by atoms with van der Waals surface area (Å²) in [7, 11) is 0. The van der Waals surface area contributed by atoms with Crippen LogP contribution in [0.15, 0.2) is 12.7 Å². The molecule has 0 bridgehead atoms. The summed E-state index contributed by atoms with van der Waals surface area (Å²) in [6.07, 6.45) is 33.5. The van der Waals surface area contributed by atoms with Crippen LogP contribution in [0.2, 0.25) is 0 Å². The average Bonchev–Trinajstić information content (AvgIpc) is 2.71. The van der Waals surface area contributed by atoms with Crippen molar-refractivity contribution in [1.29, 1.82) is 0 Å². The number of hydrogen-bond acceptors (Lipinski definition) is 0. The van der Waals surface area contributed by atoms with Crippen molar-refractivity contribution in [3.8, 4) is 0 Å². The Kier molecular flexibility index (Phi) is 19.8. The van der Waals surface area contributed by atoms with E-state index in [0.29, 0.717) is 0 Å². The van der Waals surface area contributed by atoms with Gasteiger partial charge in [-0.25, -0.2) is 0 Å². The molecule has 0 N–H and O–H groups in total. The van der Waals surface area contributed by atoms with Gasteiger partial charge in [0.1, 0.15) is 0 Å². The third-order valence-electron chi connectivity index (χ3n) is 6.80. The maximum atomic E-state index is 4.56. The zero-order chi connectivity index (χ0) is 21.7. The fourth-order valence-corrected chi connectivity index (χ4v) is 12.6. The van der Waals surface area contributed by atoms with Gasteiger partial charge in [0.05, 0.1) is 0 Å². The molecule has 0 saturated carbocycles. The van der Waals surface area contributed by atoms with Crippen LogP contribution in [-0.2, 0) is 0 Å². The van der Waals surface area contributed by atoms with Crippen molar-refractivity contribution >= 4 is 20.8 Å². The Hall–Kier alpha value is 0.650. The molecule has 2 heteroatoms. The van der Waals surface area contributed by atoms with E-state index in [0.717, 1.165) is 0 Å². The summed E-state index contributed by atoms with van der Waals surface area (Å²) in [6.45, 7) is 11.1. The number of hydrogen-bond donors (Lipinski definition) is 0. The van der Waals surface area contributed by atoms with E-state index >= 15 is 0 Å². The molecule has 0 aliphatic rings. The first kappa shape index (κ1) is 29.7. The topological polar surface area (TPSA) is 0 Å². The van der Waals surface area contributed by atoms with Gasteiger partial charge in [-0.05, 0) is 0 Å². The van der Waals surface area contributed by atoms with Crippen LogP contribution < -0.4 is 0 Å². The van der Waals surface area contributed by atoms with E-state index in [1.807, 2.05) is 0 Å². The van der Waals surface area contributed by atoms with E-state index in [-0.39, 0.29) is 0 Å². The zero-order valence-corrected chi connectivity index (χ0v) is 23.1. The maximum absolute atomic E-state index is 4.56. The third kappa shape index (κ3) is 16.0. The molecule has 0 nitrogen and oxygen atoms in total. The molecule has 0 aromatic heterocycles. The predicted molar refractivity (Wildman–Crippen MR) is 146 cm³/mol. The van der Waals surface area contributed by atoms with Gasteiger partial charge in [0, 0.05) is 0 Å². The molecule has 0 heterocycles. The molecule has 0 aromatic carbocycles. The fourth-order valence-electron chi connectivity index (χ4n) is 4.79. The Morgan fingerprint density at radius 2 is 0.793 bits per heavy atom. The minimum atomic E-state index is -1.80. The number of allylic oxidation sites excluding steroid dienone is 1. The molecular weight excluding hydrogens is 435 g/mol. The van der Waals surface area contributed by atoms with Crippen molar-refractivity contribution in [1.82, 2.24) is 0 Å². The molecule has 0 amide bonds. The van der Waals surface area contributed by atoms with E-state index in [1.54, 1.807) is 0 Å². The fraction of sp³-hybridized carbons (Fsp3) is 0.926. The third-order valence-corrected chi connectivity index (χ3v) is 16.3. The van der Waals surface area contributed by atoms with Crippen LogP contribution in [0.4, 0.5) is 0 Å². The van der Waals surface area contributed by atoms with Gasteiger partial charge in [-0.3, -0.25) is 0 Å². The molecule has 0 rings (SSSR count). The summed E-state index contributed by atoms with van der Waals surface area (Å²) in [5.41, 5.74) is 0. The van der Waals surface area contributed by atoms with Crippen molar-refractivity contribution < 1.29 is 0 Å². The second-order valence-electron chi connectivity index (χ2n) is 9.77. The van der Waals surface area contributed by atoms with Gasteiger partial charge in [-0.15, -0.1) is 0 Å². The zero-order valence-electron chi connectivity index (χ0n) is 20.7. The van der Waals surface area contributed by atoms with Gasteiger partial charge in [0.2, 0.25) is 0 Å². The number of unbranched alkanes of at least 4 members (excludes halogenated alkanes) is 15. The quantitative estimate of drug-likeness (QED) is 0.0757. The summed E-state index contributed by atoms with van der Waals surface area (Å²) in [5.74, 6) is 0. The molecule has 0 aliphatic heterocycles. The summed E-state index contributed by atoms with van der Waals surface area (Å²) in [6, 6.07) is 0. The van der Waals surface area contributed by atoms with E-state index in [2.05, 4.69) is 48.9 Å². The molecule has 176 valence electrons. The molecule has 0 fully saturated rings. The summed E-state index contributed by atoms with van der Waals surface area (Å²) in [4.78, 5) is 0. The Bertz CT molecular complexity index is 322. The molecule has 0 radical (unpaired) electrons. The second-order valence-corrected chi connectivity index (χ2v) is 21.1. The number of rotatable bonds is 23. The minimum absolute atomic E-state index is 1.27. The van der Waals surface area contributed by atoms with Crippen LogP contribution >= 0.6 is 20.8 Å². The number of halogens is 1. The van der Waals surface area contributed by atoms with Crippen molar-refractivity contribution in [2.24, 2.45) is 0 Å². The van der Waals surface area contributed by atoms with Crippen LogP contribution in [0.3, 0.4) is 0 Å². The van der Waals surface area contributed by atoms with Crippen LogP contribution in [-0.4, -0.2) is 24.6 Å². The van der Waals surface area contributed by atoms with Crippen molar-refractivity contribution in [3.63, 3.8) is 0 Å². The van der Waals surface area contributed by atoms with E-state index in [4.69, 9.17) is 0 Å². The molecule has 0 unspecified atom stereocenters. The van der Waals surface area contributed by atoms with Gasteiger partial charge >= 0.3 is 194 Å². The second kappa shape index (κ2) is 19.3. The van der Waals surface area contributed by atoms with E-state index in [9.17, 15) is 0 Å².